The summed E-state index contributed by atoms with van der Waals surface area (Å²) in [6, 6.07) is 1.63. The first-order valence-electron chi connectivity index (χ1n) is 5.89. The van der Waals surface area contributed by atoms with Gasteiger partial charge < -0.3 is 9.88 Å². The highest BCUT2D eigenvalue weighted by molar-refractivity contribution is 9.10. The number of carbonyl (C=O) groups excluding carboxylic acids is 1. The fourth-order valence-electron chi connectivity index (χ4n) is 2.06. The topological polar surface area (TPSA) is 51.1 Å². The smallest absolute Gasteiger partial charge is 0.264 e. The largest absolute Gasteiger partial charge is 0.325 e. The van der Waals surface area contributed by atoms with Crippen LogP contribution in [0.3, 0.4) is 0 Å². The summed E-state index contributed by atoms with van der Waals surface area (Å²) in [7, 11) is 1.66. The third-order valence-corrected chi connectivity index (χ3v) is 3.55. The van der Waals surface area contributed by atoms with Crippen LogP contribution in [-0.2, 0) is 11.8 Å². The van der Waals surface area contributed by atoms with Crippen molar-refractivity contribution in [2.75, 3.05) is 5.32 Å². The van der Waals surface area contributed by atoms with Crippen molar-refractivity contribution >= 4 is 27.5 Å². The maximum atomic E-state index is 11.8. The molecule has 18 heavy (non-hydrogen) atoms. The Balaban J connectivity index is 2.02. The number of pyridine rings is 1. The van der Waals surface area contributed by atoms with E-state index in [4.69, 9.17) is 0 Å². The van der Waals surface area contributed by atoms with Gasteiger partial charge in [-0.2, -0.15) is 0 Å². The van der Waals surface area contributed by atoms with Crippen LogP contribution in [0, 0.1) is 5.92 Å². The zero-order valence-corrected chi connectivity index (χ0v) is 11.7. The van der Waals surface area contributed by atoms with E-state index < -0.39 is 0 Å². The molecule has 1 amide bonds. The van der Waals surface area contributed by atoms with Crippen molar-refractivity contribution in [2.24, 2.45) is 13.0 Å². The molecule has 1 aromatic rings. The van der Waals surface area contributed by atoms with E-state index in [1.165, 1.54) is 4.57 Å². The van der Waals surface area contributed by atoms with Crippen molar-refractivity contribution in [1.82, 2.24) is 4.57 Å². The molecule has 0 spiro atoms. The average Bonchev–Trinajstić information content (AvgIpc) is 2.78. The molecule has 2 rings (SSSR count). The fourth-order valence-corrected chi connectivity index (χ4v) is 2.58. The van der Waals surface area contributed by atoms with E-state index in [2.05, 4.69) is 33.4 Å². The van der Waals surface area contributed by atoms with Gasteiger partial charge in [-0.25, -0.2) is 0 Å². The number of anilines is 1. The second-order valence-corrected chi connectivity index (χ2v) is 5.36. The maximum Gasteiger partial charge on any atom is 0.264 e. The van der Waals surface area contributed by atoms with Crippen LogP contribution in [0.4, 0.5) is 5.69 Å². The van der Waals surface area contributed by atoms with Gasteiger partial charge in [0, 0.05) is 19.7 Å². The van der Waals surface area contributed by atoms with E-state index in [1.54, 1.807) is 19.3 Å². The van der Waals surface area contributed by atoms with Crippen molar-refractivity contribution in [3.05, 3.63) is 39.2 Å². The number of carbonyl (C=O) groups is 1. The molecular weight excluding hydrogens is 296 g/mol. The number of halogens is 1. The molecule has 1 aromatic heterocycles. The first-order chi connectivity index (χ1) is 8.56. The molecule has 1 unspecified atom stereocenters. The van der Waals surface area contributed by atoms with Crippen LogP contribution in [0.5, 0.6) is 0 Å². The van der Waals surface area contributed by atoms with Crippen molar-refractivity contribution in [1.29, 1.82) is 0 Å². The summed E-state index contributed by atoms with van der Waals surface area (Å²) >= 11 is 3.18. The lowest BCUT2D eigenvalue weighted by atomic mass is 10.1. The lowest BCUT2D eigenvalue weighted by Gasteiger charge is -2.10. The predicted molar refractivity (Wildman–Crippen MR) is 74.5 cm³/mol. The van der Waals surface area contributed by atoms with Crippen molar-refractivity contribution < 1.29 is 4.79 Å². The van der Waals surface area contributed by atoms with Crippen LogP contribution in [-0.4, -0.2) is 10.5 Å². The van der Waals surface area contributed by atoms with Gasteiger partial charge in [-0.05, 0) is 40.8 Å². The molecule has 5 heteroatoms. The second kappa shape index (κ2) is 5.52. The van der Waals surface area contributed by atoms with Gasteiger partial charge in [0.1, 0.15) is 0 Å². The van der Waals surface area contributed by atoms with E-state index >= 15 is 0 Å². The molecule has 0 saturated carbocycles. The van der Waals surface area contributed by atoms with Gasteiger partial charge in [-0.1, -0.05) is 12.2 Å². The third-order valence-electron chi connectivity index (χ3n) is 2.98. The van der Waals surface area contributed by atoms with Crippen LogP contribution in [0.25, 0.3) is 0 Å². The Morgan fingerprint density at radius 1 is 1.61 bits per heavy atom. The SMILES string of the molecule is Cn1cc(NC(=O)CC2C=CCC2)cc(Br)c1=O. The van der Waals surface area contributed by atoms with E-state index in [0.717, 1.165) is 12.8 Å². The average molecular weight is 311 g/mol. The highest BCUT2D eigenvalue weighted by Gasteiger charge is 2.14. The van der Waals surface area contributed by atoms with Gasteiger partial charge in [0.25, 0.3) is 5.56 Å². The lowest BCUT2D eigenvalue weighted by Crippen LogP contribution is -2.20. The van der Waals surface area contributed by atoms with Gasteiger partial charge in [-0.15, -0.1) is 0 Å². The summed E-state index contributed by atoms with van der Waals surface area (Å²) in [4.78, 5) is 23.3. The van der Waals surface area contributed by atoms with Gasteiger partial charge in [-0.3, -0.25) is 9.59 Å². The van der Waals surface area contributed by atoms with Gasteiger partial charge >= 0.3 is 0 Å². The highest BCUT2D eigenvalue weighted by Crippen LogP contribution is 2.21. The molecule has 0 aliphatic heterocycles. The van der Waals surface area contributed by atoms with Crippen LogP contribution in [0.15, 0.2) is 33.7 Å². The molecule has 96 valence electrons. The van der Waals surface area contributed by atoms with Crippen LogP contribution < -0.4 is 10.9 Å². The molecule has 1 aliphatic carbocycles. The van der Waals surface area contributed by atoms with Crippen LogP contribution in [0.1, 0.15) is 19.3 Å². The number of aromatic nitrogens is 1. The Morgan fingerprint density at radius 2 is 2.39 bits per heavy atom. The predicted octanol–water partition coefficient (Wildman–Crippen LogP) is 2.44. The minimum Gasteiger partial charge on any atom is -0.325 e. The summed E-state index contributed by atoms with van der Waals surface area (Å²) < 4.78 is 1.89. The molecule has 1 aliphatic rings. The molecule has 4 nitrogen and oxygen atoms in total. The van der Waals surface area contributed by atoms with Crippen molar-refractivity contribution in [2.45, 2.75) is 19.3 Å². The third kappa shape index (κ3) is 3.10. The van der Waals surface area contributed by atoms with Gasteiger partial charge in [0.2, 0.25) is 5.91 Å². The van der Waals surface area contributed by atoms with E-state index in [1.807, 2.05) is 0 Å². The van der Waals surface area contributed by atoms with Gasteiger partial charge in [0.15, 0.2) is 0 Å². The number of hydrogen-bond donors (Lipinski definition) is 1. The van der Waals surface area contributed by atoms with Gasteiger partial charge in [0.05, 0.1) is 10.2 Å². The fraction of sp³-hybridized carbons (Fsp3) is 0.385. The summed E-state index contributed by atoms with van der Waals surface area (Å²) in [5.41, 5.74) is 0.516. The molecule has 1 heterocycles. The Labute approximate surface area is 114 Å². The molecule has 0 fully saturated rings. The molecular formula is C13H15BrN2O2. The molecule has 0 bridgehead atoms. The normalized spacial score (nSPS) is 18.0. The highest BCUT2D eigenvalue weighted by atomic mass is 79.9. The number of amides is 1. The first-order valence-corrected chi connectivity index (χ1v) is 6.68. The molecule has 0 aromatic carbocycles. The Bertz CT molecular complexity index is 522. The lowest BCUT2D eigenvalue weighted by molar-refractivity contribution is -0.116. The van der Waals surface area contributed by atoms with E-state index in [9.17, 15) is 9.59 Å². The van der Waals surface area contributed by atoms with Crippen molar-refractivity contribution in [3.8, 4) is 0 Å². The number of nitrogens with one attached hydrogen (secondary N) is 1. The summed E-state index contributed by atoms with van der Waals surface area (Å²) in [5, 5.41) is 2.82. The molecule has 0 saturated heterocycles. The quantitative estimate of drug-likeness (QED) is 0.872. The molecule has 1 N–H and O–H groups in total. The molecule has 0 radical (unpaired) electrons. The standard InChI is InChI=1S/C13H15BrN2O2/c1-16-8-10(7-11(14)13(16)18)15-12(17)6-9-4-2-3-5-9/h2,4,7-9H,3,5-6H2,1H3,(H,15,17). The first kappa shape index (κ1) is 13.1. The number of rotatable bonds is 3. The number of allylic oxidation sites excluding steroid dienone is 2. The maximum absolute atomic E-state index is 11.8. The number of nitrogens with zero attached hydrogens (tertiary/aromatic N) is 1. The van der Waals surface area contributed by atoms with Crippen molar-refractivity contribution in [3.63, 3.8) is 0 Å². The second-order valence-electron chi connectivity index (χ2n) is 4.51. The molecule has 1 atom stereocenters. The Kier molecular flexibility index (Phi) is 4.01. The Morgan fingerprint density at radius 3 is 3.00 bits per heavy atom. The summed E-state index contributed by atoms with van der Waals surface area (Å²) in [6.45, 7) is 0. The van der Waals surface area contributed by atoms with Crippen LogP contribution >= 0.6 is 15.9 Å². The summed E-state index contributed by atoms with van der Waals surface area (Å²) in [5.74, 6) is 0.332. The minimum atomic E-state index is -0.119. The number of aryl methyl sites for hydroxylation is 1. The zero-order valence-electron chi connectivity index (χ0n) is 10.1. The minimum absolute atomic E-state index is 0.0166. The monoisotopic (exact) mass is 310 g/mol. The van der Waals surface area contributed by atoms with E-state index in [0.29, 0.717) is 22.5 Å². The van der Waals surface area contributed by atoms with E-state index in [-0.39, 0.29) is 11.5 Å². The zero-order chi connectivity index (χ0) is 13.1. The Hall–Kier alpha value is -1.36. The number of hydrogen-bond acceptors (Lipinski definition) is 2. The van der Waals surface area contributed by atoms with Crippen LogP contribution in [0.2, 0.25) is 0 Å². The summed E-state index contributed by atoms with van der Waals surface area (Å²) in [6.07, 6.45) is 8.43.